The fraction of sp³-hybridized carbons (Fsp3) is 0.308. The third kappa shape index (κ3) is 3.11. The van der Waals surface area contributed by atoms with Crippen molar-refractivity contribution >= 4 is 11.8 Å². The highest BCUT2D eigenvalue weighted by atomic mass is 32.2. The van der Waals surface area contributed by atoms with E-state index >= 15 is 0 Å². The Morgan fingerprint density at radius 3 is 2.65 bits per heavy atom. The SMILES string of the molecule is CCC(NC)c1ccc(Sc2ncc[nH]2)cc1. The lowest BCUT2D eigenvalue weighted by molar-refractivity contribution is 0.576. The molecular weight excluding hydrogens is 230 g/mol. The number of aromatic amines is 1. The van der Waals surface area contributed by atoms with Crippen LogP contribution in [0.3, 0.4) is 0 Å². The second kappa shape index (κ2) is 5.89. The van der Waals surface area contributed by atoms with Crippen molar-refractivity contribution in [1.82, 2.24) is 15.3 Å². The van der Waals surface area contributed by atoms with Crippen LogP contribution in [0.5, 0.6) is 0 Å². The number of imidazole rings is 1. The van der Waals surface area contributed by atoms with Crippen molar-refractivity contribution in [2.45, 2.75) is 29.4 Å². The maximum absolute atomic E-state index is 4.20. The van der Waals surface area contributed by atoms with Gasteiger partial charge in [0.25, 0.3) is 0 Å². The lowest BCUT2D eigenvalue weighted by Crippen LogP contribution is -2.14. The highest BCUT2D eigenvalue weighted by Crippen LogP contribution is 2.26. The largest absolute Gasteiger partial charge is 0.339 e. The molecule has 0 saturated heterocycles. The minimum Gasteiger partial charge on any atom is -0.339 e. The molecule has 1 heterocycles. The average molecular weight is 247 g/mol. The van der Waals surface area contributed by atoms with E-state index in [-0.39, 0.29) is 0 Å². The Labute approximate surface area is 106 Å². The van der Waals surface area contributed by atoms with Crippen LogP contribution >= 0.6 is 11.8 Å². The molecule has 17 heavy (non-hydrogen) atoms. The number of hydrogen-bond acceptors (Lipinski definition) is 3. The summed E-state index contributed by atoms with van der Waals surface area (Å²) < 4.78 is 0. The molecule has 0 bridgehead atoms. The molecule has 0 amide bonds. The zero-order valence-corrected chi connectivity index (χ0v) is 10.9. The molecule has 0 fully saturated rings. The third-order valence-corrected chi connectivity index (χ3v) is 3.65. The van der Waals surface area contributed by atoms with E-state index in [1.54, 1.807) is 18.0 Å². The minimum atomic E-state index is 0.442. The van der Waals surface area contributed by atoms with E-state index in [9.17, 15) is 0 Å². The van der Waals surface area contributed by atoms with Crippen molar-refractivity contribution in [3.8, 4) is 0 Å². The number of nitrogens with zero attached hydrogens (tertiary/aromatic N) is 1. The highest BCUT2D eigenvalue weighted by molar-refractivity contribution is 7.99. The van der Waals surface area contributed by atoms with Crippen LogP contribution in [0.1, 0.15) is 24.9 Å². The zero-order valence-electron chi connectivity index (χ0n) is 10.1. The summed E-state index contributed by atoms with van der Waals surface area (Å²) >= 11 is 1.64. The van der Waals surface area contributed by atoms with E-state index in [1.165, 1.54) is 10.5 Å². The summed E-state index contributed by atoms with van der Waals surface area (Å²) in [6.07, 6.45) is 4.71. The standard InChI is InChI=1S/C13H17N3S/c1-3-12(14-2)10-4-6-11(7-5-10)17-13-15-8-9-16-13/h4-9,12,14H,3H2,1-2H3,(H,15,16). The van der Waals surface area contributed by atoms with E-state index in [0.717, 1.165) is 11.6 Å². The number of nitrogens with one attached hydrogen (secondary N) is 2. The minimum absolute atomic E-state index is 0.442. The van der Waals surface area contributed by atoms with Gasteiger partial charge in [-0.2, -0.15) is 0 Å². The molecule has 0 aliphatic carbocycles. The third-order valence-electron chi connectivity index (χ3n) is 2.73. The van der Waals surface area contributed by atoms with Gasteiger partial charge in [-0.05, 0) is 31.2 Å². The van der Waals surface area contributed by atoms with Crippen LogP contribution in [0.4, 0.5) is 0 Å². The summed E-state index contributed by atoms with van der Waals surface area (Å²) in [4.78, 5) is 8.48. The number of hydrogen-bond donors (Lipinski definition) is 2. The second-order valence-electron chi connectivity index (χ2n) is 3.81. The Balaban J connectivity index is 2.07. The first-order chi connectivity index (χ1) is 8.33. The summed E-state index contributed by atoms with van der Waals surface area (Å²) in [6, 6.07) is 9.08. The molecule has 3 nitrogen and oxygen atoms in total. The van der Waals surface area contributed by atoms with Crippen molar-refractivity contribution in [2.24, 2.45) is 0 Å². The van der Waals surface area contributed by atoms with Gasteiger partial charge in [-0.3, -0.25) is 0 Å². The first-order valence-electron chi connectivity index (χ1n) is 5.78. The van der Waals surface area contributed by atoms with E-state index in [4.69, 9.17) is 0 Å². The molecule has 0 aliphatic heterocycles. The van der Waals surface area contributed by atoms with E-state index in [0.29, 0.717) is 6.04 Å². The molecule has 0 aliphatic rings. The Kier molecular flexibility index (Phi) is 4.23. The van der Waals surface area contributed by atoms with Crippen molar-refractivity contribution < 1.29 is 0 Å². The summed E-state index contributed by atoms with van der Waals surface area (Å²) in [5, 5.41) is 4.24. The molecule has 1 aromatic carbocycles. The lowest BCUT2D eigenvalue weighted by atomic mass is 10.1. The van der Waals surface area contributed by atoms with Gasteiger partial charge in [0.1, 0.15) is 0 Å². The van der Waals surface area contributed by atoms with Gasteiger partial charge < -0.3 is 10.3 Å². The molecule has 0 radical (unpaired) electrons. The van der Waals surface area contributed by atoms with Gasteiger partial charge >= 0.3 is 0 Å². The number of aromatic nitrogens is 2. The van der Waals surface area contributed by atoms with Gasteiger partial charge in [-0.1, -0.05) is 30.8 Å². The van der Waals surface area contributed by atoms with E-state index in [2.05, 4.69) is 46.5 Å². The van der Waals surface area contributed by atoms with Gasteiger partial charge in [-0.15, -0.1) is 0 Å². The number of benzene rings is 1. The Bertz CT molecular complexity index is 432. The maximum atomic E-state index is 4.20. The molecule has 0 saturated carbocycles. The number of rotatable bonds is 5. The van der Waals surface area contributed by atoms with Crippen molar-refractivity contribution in [3.05, 3.63) is 42.2 Å². The lowest BCUT2D eigenvalue weighted by Gasteiger charge is -2.14. The summed E-state index contributed by atoms with van der Waals surface area (Å²) in [5.41, 5.74) is 1.33. The molecule has 2 aromatic rings. The van der Waals surface area contributed by atoms with E-state index in [1.807, 2.05) is 13.2 Å². The average Bonchev–Trinajstić information content (AvgIpc) is 2.86. The summed E-state index contributed by atoms with van der Waals surface area (Å²) in [5.74, 6) is 0. The Hall–Kier alpha value is -1.26. The molecule has 4 heteroatoms. The molecule has 2 rings (SSSR count). The monoisotopic (exact) mass is 247 g/mol. The summed E-state index contributed by atoms with van der Waals surface area (Å²) in [7, 11) is 2.00. The van der Waals surface area contributed by atoms with Gasteiger partial charge in [0.05, 0.1) is 0 Å². The van der Waals surface area contributed by atoms with Crippen molar-refractivity contribution in [3.63, 3.8) is 0 Å². The molecular formula is C13H17N3S. The van der Waals surface area contributed by atoms with Crippen LogP contribution in [-0.2, 0) is 0 Å². The maximum Gasteiger partial charge on any atom is 0.170 e. The van der Waals surface area contributed by atoms with Crippen molar-refractivity contribution in [1.29, 1.82) is 0 Å². The van der Waals surface area contributed by atoms with Crippen LogP contribution in [0.15, 0.2) is 46.7 Å². The van der Waals surface area contributed by atoms with Gasteiger partial charge in [0.15, 0.2) is 5.16 Å². The molecule has 1 unspecified atom stereocenters. The number of H-pyrrole nitrogens is 1. The van der Waals surface area contributed by atoms with Crippen LogP contribution < -0.4 is 5.32 Å². The smallest absolute Gasteiger partial charge is 0.170 e. The first kappa shape index (κ1) is 12.2. The van der Waals surface area contributed by atoms with E-state index < -0.39 is 0 Å². The van der Waals surface area contributed by atoms with Gasteiger partial charge in [0, 0.05) is 23.3 Å². The zero-order chi connectivity index (χ0) is 12.1. The van der Waals surface area contributed by atoms with Crippen molar-refractivity contribution in [2.75, 3.05) is 7.05 Å². The molecule has 1 atom stereocenters. The molecule has 1 aromatic heterocycles. The quantitative estimate of drug-likeness (QED) is 0.852. The van der Waals surface area contributed by atoms with Gasteiger partial charge in [-0.25, -0.2) is 4.98 Å². The Morgan fingerprint density at radius 2 is 2.12 bits per heavy atom. The highest BCUT2D eigenvalue weighted by Gasteiger charge is 2.06. The van der Waals surface area contributed by atoms with Crippen LogP contribution in [0.2, 0.25) is 0 Å². The predicted octanol–water partition coefficient (Wildman–Crippen LogP) is 3.23. The fourth-order valence-corrected chi connectivity index (χ4v) is 2.53. The van der Waals surface area contributed by atoms with Crippen LogP contribution in [0.25, 0.3) is 0 Å². The fourth-order valence-electron chi connectivity index (χ4n) is 1.79. The molecule has 2 N–H and O–H groups in total. The van der Waals surface area contributed by atoms with Crippen LogP contribution in [-0.4, -0.2) is 17.0 Å². The van der Waals surface area contributed by atoms with Crippen LogP contribution in [0, 0.1) is 0 Å². The normalized spacial score (nSPS) is 12.6. The first-order valence-corrected chi connectivity index (χ1v) is 6.59. The predicted molar refractivity (Wildman–Crippen MR) is 71.2 cm³/mol. The summed E-state index contributed by atoms with van der Waals surface area (Å²) in [6.45, 7) is 2.19. The molecule has 90 valence electrons. The van der Waals surface area contributed by atoms with Gasteiger partial charge in [0.2, 0.25) is 0 Å². The topological polar surface area (TPSA) is 40.7 Å². The molecule has 0 spiro atoms. The second-order valence-corrected chi connectivity index (χ2v) is 4.88. The Morgan fingerprint density at radius 1 is 1.35 bits per heavy atom.